The van der Waals surface area contributed by atoms with Gasteiger partial charge in [-0.25, -0.2) is 8.42 Å². The third-order valence-corrected chi connectivity index (χ3v) is 9.59. The zero-order chi connectivity index (χ0) is 22.6. The molecule has 0 bridgehead atoms. The van der Waals surface area contributed by atoms with E-state index in [1.807, 2.05) is 17.0 Å². The van der Waals surface area contributed by atoms with Crippen molar-refractivity contribution in [2.24, 2.45) is 5.92 Å². The average Bonchev–Trinajstić information content (AvgIpc) is 3.21. The molecule has 1 aromatic rings. The lowest BCUT2D eigenvalue weighted by Gasteiger charge is -2.33. The van der Waals surface area contributed by atoms with E-state index in [1.165, 1.54) is 18.4 Å². The Morgan fingerprint density at radius 3 is 2.32 bits per heavy atom. The maximum absolute atomic E-state index is 12.9. The number of hydrogen-bond donors (Lipinski definition) is 0. The SMILES string of the molecule is CCc1cc(CC(=O)N2CCC(CS(=O)(=O)C(C)(C)C)CC2)ccc1OC1CCCC1. The van der Waals surface area contributed by atoms with Crippen LogP contribution in [0.25, 0.3) is 0 Å². The molecule has 6 heteroatoms. The van der Waals surface area contributed by atoms with Gasteiger partial charge in [0.25, 0.3) is 0 Å². The van der Waals surface area contributed by atoms with Crippen LogP contribution in [0.1, 0.15) is 77.3 Å². The lowest BCUT2D eigenvalue weighted by Crippen LogP contribution is -2.42. The number of rotatable bonds is 7. The lowest BCUT2D eigenvalue weighted by molar-refractivity contribution is -0.131. The van der Waals surface area contributed by atoms with Gasteiger partial charge in [0.2, 0.25) is 5.91 Å². The second kappa shape index (κ2) is 9.93. The molecule has 0 N–H and O–H groups in total. The Kier molecular flexibility index (Phi) is 7.72. The van der Waals surface area contributed by atoms with Gasteiger partial charge >= 0.3 is 0 Å². The fourth-order valence-electron chi connectivity index (χ4n) is 4.52. The molecule has 1 amide bonds. The zero-order valence-corrected chi connectivity index (χ0v) is 20.5. The average molecular weight is 450 g/mol. The molecule has 0 radical (unpaired) electrons. The summed E-state index contributed by atoms with van der Waals surface area (Å²) in [6, 6.07) is 6.16. The van der Waals surface area contributed by atoms with Gasteiger partial charge in [0, 0.05) is 13.1 Å². The lowest BCUT2D eigenvalue weighted by atomic mass is 9.98. The van der Waals surface area contributed by atoms with E-state index in [2.05, 4.69) is 13.0 Å². The number of benzene rings is 1. The smallest absolute Gasteiger partial charge is 0.226 e. The number of ether oxygens (including phenoxy) is 1. The first-order valence-corrected chi connectivity index (χ1v) is 13.5. The van der Waals surface area contributed by atoms with Gasteiger partial charge in [0.15, 0.2) is 9.84 Å². The zero-order valence-electron chi connectivity index (χ0n) is 19.7. The van der Waals surface area contributed by atoms with Crippen molar-refractivity contribution in [1.82, 2.24) is 4.90 Å². The summed E-state index contributed by atoms with van der Waals surface area (Å²) in [7, 11) is -3.12. The summed E-state index contributed by atoms with van der Waals surface area (Å²) in [5.74, 6) is 1.46. The summed E-state index contributed by atoms with van der Waals surface area (Å²) < 4.78 is 30.5. The van der Waals surface area contributed by atoms with Crippen LogP contribution in [0.5, 0.6) is 5.75 Å². The number of amides is 1. The van der Waals surface area contributed by atoms with E-state index in [0.29, 0.717) is 25.6 Å². The van der Waals surface area contributed by atoms with Crippen LogP contribution in [0, 0.1) is 5.92 Å². The van der Waals surface area contributed by atoms with Gasteiger partial charge in [0.05, 0.1) is 23.0 Å². The van der Waals surface area contributed by atoms with E-state index in [1.54, 1.807) is 20.8 Å². The minimum absolute atomic E-state index is 0.128. The fourth-order valence-corrected chi connectivity index (χ4v) is 5.97. The molecule has 5 nitrogen and oxygen atoms in total. The Morgan fingerprint density at radius 1 is 1.10 bits per heavy atom. The molecular formula is C25H39NO4S. The van der Waals surface area contributed by atoms with Gasteiger partial charge in [0.1, 0.15) is 5.75 Å². The van der Waals surface area contributed by atoms with E-state index in [-0.39, 0.29) is 17.6 Å². The quantitative estimate of drug-likeness (QED) is 0.612. The van der Waals surface area contributed by atoms with Crippen LogP contribution in [0.15, 0.2) is 18.2 Å². The summed E-state index contributed by atoms with van der Waals surface area (Å²) in [5.41, 5.74) is 2.20. The predicted octanol–water partition coefficient (Wildman–Crippen LogP) is 4.56. The highest BCUT2D eigenvalue weighted by molar-refractivity contribution is 7.92. The molecule has 1 aliphatic carbocycles. The standard InChI is InChI=1S/C25H39NO4S/c1-5-21-16-20(10-11-23(21)30-22-8-6-7-9-22)17-24(27)26-14-12-19(13-15-26)18-31(28,29)25(2,3)4/h10-11,16,19,22H,5-9,12-15,17-18H2,1-4H3. The second-order valence-corrected chi connectivity index (χ2v) is 13.0. The number of hydrogen-bond acceptors (Lipinski definition) is 4. The third-order valence-electron chi connectivity index (χ3n) is 6.81. The first-order chi connectivity index (χ1) is 14.6. The Balaban J connectivity index is 1.53. The number of carbonyl (C=O) groups is 1. The third kappa shape index (κ3) is 6.24. The molecule has 0 atom stereocenters. The number of aryl methyl sites for hydroxylation is 1. The van der Waals surface area contributed by atoms with Crippen molar-refractivity contribution >= 4 is 15.7 Å². The molecule has 0 spiro atoms. The summed E-state index contributed by atoms with van der Waals surface area (Å²) in [5, 5.41) is 0. The number of sulfone groups is 1. The van der Waals surface area contributed by atoms with Gasteiger partial charge in [-0.1, -0.05) is 19.1 Å². The van der Waals surface area contributed by atoms with Crippen molar-refractivity contribution in [1.29, 1.82) is 0 Å². The van der Waals surface area contributed by atoms with Crippen LogP contribution in [0.3, 0.4) is 0 Å². The van der Waals surface area contributed by atoms with Crippen LogP contribution < -0.4 is 4.74 Å². The molecule has 2 aliphatic rings. The Hall–Kier alpha value is -1.56. The van der Waals surface area contributed by atoms with Gasteiger partial charge in [-0.3, -0.25) is 4.79 Å². The number of carbonyl (C=O) groups excluding carboxylic acids is 1. The highest BCUT2D eigenvalue weighted by Crippen LogP contribution is 2.29. The van der Waals surface area contributed by atoms with Crippen molar-refractivity contribution in [2.75, 3.05) is 18.8 Å². The van der Waals surface area contributed by atoms with Crippen molar-refractivity contribution in [3.05, 3.63) is 29.3 Å². The van der Waals surface area contributed by atoms with Gasteiger partial charge in [-0.05, 0) is 88.8 Å². The molecule has 1 aromatic carbocycles. The maximum atomic E-state index is 12.9. The first-order valence-electron chi connectivity index (χ1n) is 11.9. The minimum Gasteiger partial charge on any atom is -0.490 e. The largest absolute Gasteiger partial charge is 0.490 e. The monoisotopic (exact) mass is 449 g/mol. The van der Waals surface area contributed by atoms with Crippen molar-refractivity contribution in [3.8, 4) is 5.75 Å². The van der Waals surface area contributed by atoms with E-state index in [4.69, 9.17) is 4.74 Å². The molecule has 0 unspecified atom stereocenters. The Bertz CT molecular complexity index is 858. The van der Waals surface area contributed by atoms with Crippen LogP contribution in [0.4, 0.5) is 0 Å². The van der Waals surface area contributed by atoms with Crippen molar-refractivity contribution in [3.63, 3.8) is 0 Å². The van der Waals surface area contributed by atoms with E-state index in [0.717, 1.165) is 43.4 Å². The summed E-state index contributed by atoms with van der Waals surface area (Å²) in [4.78, 5) is 14.8. The van der Waals surface area contributed by atoms with Crippen LogP contribution in [-0.2, 0) is 27.5 Å². The highest BCUT2D eigenvalue weighted by atomic mass is 32.2. The maximum Gasteiger partial charge on any atom is 0.226 e. The van der Waals surface area contributed by atoms with E-state index in [9.17, 15) is 13.2 Å². The van der Waals surface area contributed by atoms with E-state index < -0.39 is 14.6 Å². The molecule has 1 saturated heterocycles. The van der Waals surface area contributed by atoms with E-state index >= 15 is 0 Å². The van der Waals surface area contributed by atoms with Crippen LogP contribution in [-0.4, -0.2) is 48.9 Å². The molecule has 1 aliphatic heterocycles. The Labute approximate surface area is 188 Å². The van der Waals surface area contributed by atoms with Crippen molar-refractivity contribution < 1.29 is 17.9 Å². The minimum atomic E-state index is -3.12. The van der Waals surface area contributed by atoms with Gasteiger partial charge in [-0.2, -0.15) is 0 Å². The molecule has 1 saturated carbocycles. The predicted molar refractivity (Wildman–Crippen MR) is 125 cm³/mol. The van der Waals surface area contributed by atoms with Gasteiger partial charge in [-0.15, -0.1) is 0 Å². The molecule has 31 heavy (non-hydrogen) atoms. The molecule has 3 rings (SSSR count). The molecule has 174 valence electrons. The summed E-state index contributed by atoms with van der Waals surface area (Å²) >= 11 is 0. The molecule has 1 heterocycles. The number of nitrogens with zero attached hydrogens (tertiary/aromatic N) is 1. The Morgan fingerprint density at radius 2 is 1.74 bits per heavy atom. The van der Waals surface area contributed by atoms with Crippen molar-refractivity contribution in [2.45, 2.75) is 89.9 Å². The van der Waals surface area contributed by atoms with Crippen LogP contribution in [0.2, 0.25) is 0 Å². The van der Waals surface area contributed by atoms with Gasteiger partial charge < -0.3 is 9.64 Å². The second-order valence-electron chi connectivity index (χ2n) is 10.2. The summed E-state index contributed by atoms with van der Waals surface area (Å²) in [6.07, 6.45) is 7.90. The summed E-state index contributed by atoms with van der Waals surface area (Å²) in [6.45, 7) is 8.69. The fraction of sp³-hybridized carbons (Fsp3) is 0.720. The number of piperidine rings is 1. The molecule has 0 aromatic heterocycles. The topological polar surface area (TPSA) is 63.7 Å². The van der Waals surface area contributed by atoms with Crippen LogP contribution >= 0.6 is 0 Å². The first kappa shape index (κ1) is 24.1. The highest BCUT2D eigenvalue weighted by Gasteiger charge is 2.33. The molecule has 2 fully saturated rings. The normalized spacial score (nSPS) is 19.0. The molecular weight excluding hydrogens is 410 g/mol. The number of likely N-dealkylation sites (tertiary alicyclic amines) is 1.